The number of benzene rings is 2. The lowest BCUT2D eigenvalue weighted by atomic mass is 10.1. The number of hydrogen-bond acceptors (Lipinski definition) is 4. The van der Waals surface area contributed by atoms with E-state index in [1.54, 1.807) is 0 Å². The number of hydrogen-bond donors (Lipinski definition) is 1. The molecule has 0 saturated carbocycles. The average Bonchev–Trinajstić information content (AvgIpc) is 2.70. The van der Waals surface area contributed by atoms with Crippen molar-refractivity contribution in [1.82, 2.24) is 4.31 Å². The Bertz CT molecular complexity index is 1100. The average molecular weight is 519 g/mol. The van der Waals surface area contributed by atoms with Crippen molar-refractivity contribution >= 4 is 33.2 Å². The molecule has 0 aliphatic heterocycles. The van der Waals surface area contributed by atoms with Gasteiger partial charge in [0.1, 0.15) is 5.75 Å². The molecular weight excluding hydrogens is 502 g/mol. The topological polar surface area (TPSA) is 75.7 Å². The van der Waals surface area contributed by atoms with Crippen LogP contribution in [0, 0.1) is 0 Å². The number of anilines is 1. The van der Waals surface area contributed by atoms with Gasteiger partial charge in [0.05, 0.1) is 34.7 Å². The predicted molar refractivity (Wildman–Crippen MR) is 108 cm³/mol. The minimum Gasteiger partial charge on any atom is -0.495 e. The van der Waals surface area contributed by atoms with Gasteiger partial charge in [-0.3, -0.25) is 4.79 Å². The number of rotatable bonds is 7. The SMILES string of the molecule is CCN(CC(=O)Nc1cc(C(F)(F)F)cc(C(F)(F)F)c1)S(=O)(=O)c1ccc(OC)c(Cl)c1. The summed E-state index contributed by atoms with van der Waals surface area (Å²) in [6.45, 7) is 0.290. The summed E-state index contributed by atoms with van der Waals surface area (Å²) in [6, 6.07) is 4.08. The number of carbonyl (C=O) groups is 1. The first-order valence-corrected chi connectivity index (χ1v) is 10.8. The molecule has 182 valence electrons. The molecule has 0 spiro atoms. The lowest BCUT2D eigenvalue weighted by Crippen LogP contribution is -2.37. The molecule has 0 bridgehead atoms. The quantitative estimate of drug-likeness (QED) is 0.521. The predicted octanol–water partition coefficient (Wildman–Crippen LogP) is 5.04. The third-order valence-corrected chi connectivity index (χ3v) is 6.52. The van der Waals surface area contributed by atoms with Gasteiger partial charge in [-0.05, 0) is 36.4 Å². The van der Waals surface area contributed by atoms with Crippen LogP contribution in [-0.2, 0) is 27.2 Å². The third-order valence-electron chi connectivity index (χ3n) is 4.31. The molecule has 0 saturated heterocycles. The van der Waals surface area contributed by atoms with Gasteiger partial charge in [0, 0.05) is 12.2 Å². The van der Waals surface area contributed by atoms with Gasteiger partial charge in [-0.15, -0.1) is 0 Å². The summed E-state index contributed by atoms with van der Waals surface area (Å²) in [5.41, 5.74) is -4.04. The van der Waals surface area contributed by atoms with Gasteiger partial charge in [0.25, 0.3) is 0 Å². The smallest absolute Gasteiger partial charge is 0.416 e. The summed E-state index contributed by atoms with van der Waals surface area (Å²) < 4.78 is 109. The molecule has 2 aromatic rings. The van der Waals surface area contributed by atoms with E-state index >= 15 is 0 Å². The lowest BCUT2D eigenvalue weighted by Gasteiger charge is -2.21. The fourth-order valence-corrected chi connectivity index (χ4v) is 4.47. The van der Waals surface area contributed by atoms with E-state index in [9.17, 15) is 39.6 Å². The molecule has 33 heavy (non-hydrogen) atoms. The molecule has 0 aliphatic rings. The molecular formula is C19H17ClF6N2O4S. The Labute approximate surface area is 190 Å². The van der Waals surface area contributed by atoms with Crippen LogP contribution < -0.4 is 10.1 Å². The Balaban J connectivity index is 2.31. The second-order valence-corrected chi connectivity index (χ2v) is 8.92. The molecule has 0 fully saturated rings. The molecule has 0 aromatic heterocycles. The number of sulfonamides is 1. The van der Waals surface area contributed by atoms with Crippen molar-refractivity contribution in [1.29, 1.82) is 0 Å². The summed E-state index contributed by atoms with van der Waals surface area (Å²) >= 11 is 5.93. The largest absolute Gasteiger partial charge is 0.495 e. The monoisotopic (exact) mass is 518 g/mol. The van der Waals surface area contributed by atoms with E-state index in [1.807, 2.05) is 5.32 Å². The highest BCUT2D eigenvalue weighted by Gasteiger charge is 2.37. The summed E-state index contributed by atoms with van der Waals surface area (Å²) in [4.78, 5) is 12.0. The molecule has 6 nitrogen and oxygen atoms in total. The number of nitrogens with one attached hydrogen (secondary N) is 1. The fourth-order valence-electron chi connectivity index (χ4n) is 2.71. The van der Waals surface area contributed by atoms with Crippen molar-refractivity contribution in [3.63, 3.8) is 0 Å². The van der Waals surface area contributed by atoms with Crippen molar-refractivity contribution in [3.8, 4) is 5.75 Å². The van der Waals surface area contributed by atoms with Crippen LogP contribution in [0.25, 0.3) is 0 Å². The molecule has 2 rings (SSSR count). The number of carbonyl (C=O) groups excluding carboxylic acids is 1. The molecule has 2 aromatic carbocycles. The number of nitrogens with zero attached hydrogens (tertiary/aromatic N) is 1. The van der Waals surface area contributed by atoms with Crippen LogP contribution in [0.1, 0.15) is 18.1 Å². The molecule has 0 atom stereocenters. The van der Waals surface area contributed by atoms with E-state index in [0.29, 0.717) is 16.4 Å². The van der Waals surface area contributed by atoms with Crippen LogP contribution in [0.3, 0.4) is 0 Å². The molecule has 0 aliphatic carbocycles. The maximum atomic E-state index is 13.0. The minimum absolute atomic E-state index is 0.0253. The van der Waals surface area contributed by atoms with E-state index in [-0.39, 0.29) is 28.3 Å². The minimum atomic E-state index is -5.10. The van der Waals surface area contributed by atoms with Crippen molar-refractivity contribution in [2.45, 2.75) is 24.2 Å². The van der Waals surface area contributed by atoms with Crippen molar-refractivity contribution in [2.24, 2.45) is 0 Å². The number of likely N-dealkylation sites (N-methyl/N-ethyl adjacent to an activating group) is 1. The fraction of sp³-hybridized carbons (Fsp3) is 0.316. The van der Waals surface area contributed by atoms with Gasteiger partial charge in [-0.1, -0.05) is 18.5 Å². The number of ether oxygens (including phenoxy) is 1. The Morgan fingerprint density at radius 3 is 2.00 bits per heavy atom. The highest BCUT2D eigenvalue weighted by atomic mass is 35.5. The first-order valence-electron chi connectivity index (χ1n) is 9.02. The van der Waals surface area contributed by atoms with Gasteiger partial charge in [0.2, 0.25) is 15.9 Å². The van der Waals surface area contributed by atoms with Crippen molar-refractivity contribution in [2.75, 3.05) is 25.5 Å². The summed E-state index contributed by atoms with van der Waals surface area (Å²) in [7, 11) is -2.96. The van der Waals surface area contributed by atoms with Crippen LogP contribution in [0.15, 0.2) is 41.3 Å². The number of halogens is 7. The van der Waals surface area contributed by atoms with Gasteiger partial charge < -0.3 is 10.1 Å². The molecule has 0 unspecified atom stereocenters. The zero-order valence-electron chi connectivity index (χ0n) is 17.0. The van der Waals surface area contributed by atoms with E-state index < -0.39 is 51.6 Å². The first-order chi connectivity index (χ1) is 15.1. The molecule has 0 radical (unpaired) electrons. The highest BCUT2D eigenvalue weighted by molar-refractivity contribution is 7.89. The second-order valence-electron chi connectivity index (χ2n) is 6.57. The van der Waals surface area contributed by atoms with Gasteiger partial charge in [-0.2, -0.15) is 30.6 Å². The first kappa shape index (κ1) is 26.7. The van der Waals surface area contributed by atoms with Crippen LogP contribution in [0.5, 0.6) is 5.75 Å². The van der Waals surface area contributed by atoms with E-state index in [0.717, 1.165) is 6.07 Å². The van der Waals surface area contributed by atoms with E-state index in [1.165, 1.54) is 26.2 Å². The van der Waals surface area contributed by atoms with Crippen LogP contribution >= 0.6 is 11.6 Å². The normalized spacial score (nSPS) is 12.7. The molecule has 1 N–H and O–H groups in total. The zero-order valence-corrected chi connectivity index (χ0v) is 18.6. The third kappa shape index (κ3) is 6.51. The van der Waals surface area contributed by atoms with Crippen molar-refractivity contribution in [3.05, 3.63) is 52.5 Å². The number of alkyl halides is 6. The summed E-state index contributed by atoms with van der Waals surface area (Å²) in [6.07, 6.45) is -10.2. The van der Waals surface area contributed by atoms with Gasteiger partial charge in [0.15, 0.2) is 0 Å². The van der Waals surface area contributed by atoms with Gasteiger partial charge >= 0.3 is 12.4 Å². The Morgan fingerprint density at radius 1 is 1.03 bits per heavy atom. The Hall–Kier alpha value is -2.51. The van der Waals surface area contributed by atoms with Crippen LogP contribution in [0.2, 0.25) is 5.02 Å². The van der Waals surface area contributed by atoms with Gasteiger partial charge in [-0.25, -0.2) is 8.42 Å². The number of methoxy groups -OCH3 is 1. The molecule has 14 heteroatoms. The standard InChI is InChI=1S/C19H17ClF6N2O4S/c1-3-28(33(30,31)14-4-5-16(32-2)15(20)9-14)10-17(29)27-13-7-11(18(21,22)23)6-12(8-13)19(24,25)26/h4-9H,3,10H2,1-2H3,(H,27,29). The Kier molecular flexibility index (Phi) is 7.92. The molecule has 0 heterocycles. The van der Waals surface area contributed by atoms with E-state index in [2.05, 4.69) is 0 Å². The number of amides is 1. The summed E-state index contributed by atoms with van der Waals surface area (Å²) in [5.74, 6) is -0.950. The van der Waals surface area contributed by atoms with Crippen LogP contribution in [-0.4, -0.2) is 38.8 Å². The maximum Gasteiger partial charge on any atom is 0.416 e. The Morgan fingerprint density at radius 2 is 1.58 bits per heavy atom. The zero-order chi connectivity index (χ0) is 25.2. The second kappa shape index (κ2) is 9.77. The van der Waals surface area contributed by atoms with E-state index in [4.69, 9.17) is 16.3 Å². The summed E-state index contributed by atoms with van der Waals surface area (Å²) in [5, 5.41) is 1.87. The van der Waals surface area contributed by atoms with Crippen molar-refractivity contribution < 1.29 is 44.3 Å². The lowest BCUT2D eigenvalue weighted by molar-refractivity contribution is -0.143. The highest BCUT2D eigenvalue weighted by Crippen LogP contribution is 2.37. The maximum absolute atomic E-state index is 13.0. The molecule has 1 amide bonds. The van der Waals surface area contributed by atoms with Crippen LogP contribution in [0.4, 0.5) is 32.0 Å².